The number of hydrogen-bond acceptors (Lipinski definition) is 4. The van der Waals surface area contributed by atoms with Crippen LogP contribution in [0, 0.1) is 6.92 Å². The van der Waals surface area contributed by atoms with Crippen LogP contribution in [0.2, 0.25) is 0 Å². The molecule has 1 N–H and O–H groups in total. The lowest BCUT2D eigenvalue weighted by atomic mass is 10.00. The SMILES string of the molecule is Cc1ccc2nnc(-c3ccccc3)c(C(=O)NCc3ccco3)c2c1. The van der Waals surface area contributed by atoms with Crippen LogP contribution in [-0.4, -0.2) is 16.1 Å². The Kier molecular flexibility index (Phi) is 4.19. The Morgan fingerprint density at radius 2 is 1.88 bits per heavy atom. The van der Waals surface area contributed by atoms with Gasteiger partial charge in [-0.2, -0.15) is 0 Å². The average molecular weight is 343 g/mol. The van der Waals surface area contributed by atoms with E-state index in [9.17, 15) is 4.79 Å². The van der Waals surface area contributed by atoms with E-state index in [2.05, 4.69) is 15.5 Å². The molecular formula is C21H17N3O2. The van der Waals surface area contributed by atoms with Crippen molar-refractivity contribution in [1.29, 1.82) is 0 Å². The summed E-state index contributed by atoms with van der Waals surface area (Å²) in [6.45, 7) is 2.31. The maximum absolute atomic E-state index is 13.0. The predicted molar refractivity (Wildman–Crippen MR) is 99.6 cm³/mol. The Hall–Kier alpha value is -3.47. The topological polar surface area (TPSA) is 68.0 Å². The fourth-order valence-electron chi connectivity index (χ4n) is 2.92. The van der Waals surface area contributed by atoms with Gasteiger partial charge in [0, 0.05) is 10.9 Å². The maximum Gasteiger partial charge on any atom is 0.254 e. The van der Waals surface area contributed by atoms with E-state index in [0.29, 0.717) is 29.1 Å². The number of carbonyl (C=O) groups excluding carboxylic acids is 1. The zero-order chi connectivity index (χ0) is 17.9. The molecule has 0 aliphatic carbocycles. The van der Waals surface area contributed by atoms with Crippen LogP contribution < -0.4 is 5.32 Å². The number of benzene rings is 2. The highest BCUT2D eigenvalue weighted by Crippen LogP contribution is 2.27. The van der Waals surface area contributed by atoms with Gasteiger partial charge in [-0.05, 0) is 31.2 Å². The van der Waals surface area contributed by atoms with Gasteiger partial charge >= 0.3 is 0 Å². The predicted octanol–water partition coefficient (Wildman–Crippen LogP) is 4.13. The second-order valence-corrected chi connectivity index (χ2v) is 6.07. The number of nitrogens with zero attached hydrogens (tertiary/aromatic N) is 2. The van der Waals surface area contributed by atoms with Crippen molar-refractivity contribution in [1.82, 2.24) is 15.5 Å². The van der Waals surface area contributed by atoms with Gasteiger partial charge in [-0.3, -0.25) is 4.79 Å². The molecule has 2 aromatic heterocycles. The summed E-state index contributed by atoms with van der Waals surface area (Å²) >= 11 is 0. The number of carbonyl (C=O) groups is 1. The number of aromatic nitrogens is 2. The molecule has 0 spiro atoms. The zero-order valence-corrected chi connectivity index (χ0v) is 14.3. The third-order valence-corrected chi connectivity index (χ3v) is 4.19. The first-order chi connectivity index (χ1) is 12.7. The van der Waals surface area contributed by atoms with Crippen molar-refractivity contribution in [2.75, 3.05) is 0 Å². The standard InChI is InChI=1S/C21H17N3O2/c1-14-9-10-18-17(12-14)19(21(25)22-13-16-8-5-11-26-16)20(24-23-18)15-6-3-2-4-7-15/h2-12H,13H2,1H3,(H,22,25). The summed E-state index contributed by atoms with van der Waals surface area (Å²) < 4.78 is 5.30. The number of rotatable bonds is 4. The van der Waals surface area contributed by atoms with Crippen LogP contribution in [-0.2, 0) is 6.54 Å². The lowest BCUT2D eigenvalue weighted by molar-refractivity contribution is 0.0950. The smallest absolute Gasteiger partial charge is 0.254 e. The maximum atomic E-state index is 13.0. The van der Waals surface area contributed by atoms with Gasteiger partial charge in [-0.15, -0.1) is 10.2 Å². The fourth-order valence-corrected chi connectivity index (χ4v) is 2.92. The van der Waals surface area contributed by atoms with E-state index in [4.69, 9.17) is 4.42 Å². The normalized spacial score (nSPS) is 10.8. The first-order valence-electron chi connectivity index (χ1n) is 8.35. The number of amides is 1. The largest absolute Gasteiger partial charge is 0.467 e. The van der Waals surface area contributed by atoms with Crippen LogP contribution in [0.4, 0.5) is 0 Å². The third kappa shape index (κ3) is 3.07. The minimum absolute atomic E-state index is 0.203. The number of furan rings is 1. The van der Waals surface area contributed by atoms with Crippen LogP contribution in [0.3, 0.4) is 0 Å². The molecule has 0 aliphatic heterocycles. The van der Waals surface area contributed by atoms with E-state index in [-0.39, 0.29) is 5.91 Å². The van der Waals surface area contributed by atoms with E-state index in [1.54, 1.807) is 12.3 Å². The quantitative estimate of drug-likeness (QED) is 0.605. The Morgan fingerprint density at radius 1 is 1.04 bits per heavy atom. The molecule has 0 saturated carbocycles. The Balaban J connectivity index is 1.83. The van der Waals surface area contributed by atoms with Crippen LogP contribution in [0.1, 0.15) is 21.7 Å². The van der Waals surface area contributed by atoms with Crippen molar-refractivity contribution in [3.05, 3.63) is 83.8 Å². The number of aryl methyl sites for hydroxylation is 1. The number of hydrogen-bond donors (Lipinski definition) is 1. The average Bonchev–Trinajstić information content (AvgIpc) is 3.19. The van der Waals surface area contributed by atoms with E-state index in [1.165, 1.54) is 0 Å². The lowest BCUT2D eigenvalue weighted by Gasteiger charge is -2.12. The van der Waals surface area contributed by atoms with Crippen molar-refractivity contribution in [3.8, 4) is 11.3 Å². The molecule has 0 radical (unpaired) electrons. The van der Waals surface area contributed by atoms with Crippen LogP contribution >= 0.6 is 0 Å². The van der Waals surface area contributed by atoms with Gasteiger partial charge in [-0.1, -0.05) is 42.0 Å². The Morgan fingerprint density at radius 3 is 2.65 bits per heavy atom. The molecule has 0 fully saturated rings. The van der Waals surface area contributed by atoms with Crippen molar-refractivity contribution < 1.29 is 9.21 Å². The van der Waals surface area contributed by atoms with Crippen molar-refractivity contribution in [2.45, 2.75) is 13.5 Å². The van der Waals surface area contributed by atoms with Gasteiger partial charge in [0.05, 0.1) is 23.9 Å². The highest BCUT2D eigenvalue weighted by Gasteiger charge is 2.19. The second-order valence-electron chi connectivity index (χ2n) is 6.07. The molecule has 4 aromatic rings. The van der Waals surface area contributed by atoms with Crippen LogP contribution in [0.5, 0.6) is 0 Å². The Labute approximate surface area is 150 Å². The first kappa shape index (κ1) is 16.0. The Bertz CT molecular complexity index is 1060. The molecule has 128 valence electrons. The molecule has 4 rings (SSSR count). The summed E-state index contributed by atoms with van der Waals surface area (Å²) in [4.78, 5) is 13.0. The van der Waals surface area contributed by atoms with E-state index >= 15 is 0 Å². The summed E-state index contributed by atoms with van der Waals surface area (Å²) in [7, 11) is 0. The molecule has 0 saturated heterocycles. The third-order valence-electron chi connectivity index (χ3n) is 4.19. The van der Waals surface area contributed by atoms with Crippen LogP contribution in [0.25, 0.3) is 22.2 Å². The van der Waals surface area contributed by atoms with Gasteiger partial charge in [0.1, 0.15) is 11.5 Å². The molecular weight excluding hydrogens is 326 g/mol. The van der Waals surface area contributed by atoms with E-state index in [1.807, 2.05) is 61.5 Å². The summed E-state index contributed by atoms with van der Waals surface area (Å²) in [6, 6.07) is 19.1. The summed E-state index contributed by atoms with van der Waals surface area (Å²) in [5.74, 6) is 0.493. The molecule has 2 aromatic carbocycles. The molecule has 0 unspecified atom stereocenters. The molecule has 1 amide bonds. The summed E-state index contributed by atoms with van der Waals surface area (Å²) in [6.07, 6.45) is 1.59. The summed E-state index contributed by atoms with van der Waals surface area (Å²) in [5, 5.41) is 12.4. The lowest BCUT2D eigenvalue weighted by Crippen LogP contribution is -2.24. The molecule has 2 heterocycles. The van der Waals surface area contributed by atoms with E-state index in [0.717, 1.165) is 16.5 Å². The molecule has 0 atom stereocenters. The van der Waals surface area contributed by atoms with Crippen LogP contribution in [0.15, 0.2) is 71.3 Å². The monoisotopic (exact) mass is 343 g/mol. The fraction of sp³-hybridized carbons (Fsp3) is 0.0952. The number of nitrogens with one attached hydrogen (secondary N) is 1. The van der Waals surface area contributed by atoms with Gasteiger partial charge in [0.25, 0.3) is 5.91 Å². The van der Waals surface area contributed by atoms with E-state index < -0.39 is 0 Å². The highest BCUT2D eigenvalue weighted by atomic mass is 16.3. The zero-order valence-electron chi connectivity index (χ0n) is 14.3. The summed E-state index contributed by atoms with van der Waals surface area (Å²) in [5.41, 5.74) is 3.70. The molecule has 5 heteroatoms. The van der Waals surface area contributed by atoms with Gasteiger partial charge < -0.3 is 9.73 Å². The van der Waals surface area contributed by atoms with Crippen molar-refractivity contribution in [3.63, 3.8) is 0 Å². The minimum Gasteiger partial charge on any atom is -0.467 e. The van der Waals surface area contributed by atoms with Crippen molar-refractivity contribution >= 4 is 16.8 Å². The molecule has 0 aliphatic rings. The highest BCUT2D eigenvalue weighted by molar-refractivity contribution is 6.10. The number of fused-ring (bicyclic) bond motifs is 1. The van der Waals surface area contributed by atoms with Gasteiger partial charge in [0.2, 0.25) is 0 Å². The van der Waals surface area contributed by atoms with Crippen molar-refractivity contribution in [2.24, 2.45) is 0 Å². The molecule has 0 bridgehead atoms. The minimum atomic E-state index is -0.203. The first-order valence-corrected chi connectivity index (χ1v) is 8.35. The molecule has 5 nitrogen and oxygen atoms in total. The second kappa shape index (κ2) is 6.80. The van der Waals surface area contributed by atoms with Gasteiger partial charge in [0.15, 0.2) is 0 Å². The molecule has 26 heavy (non-hydrogen) atoms. The van der Waals surface area contributed by atoms with Gasteiger partial charge in [-0.25, -0.2) is 0 Å².